The molecule has 3 rings (SSSR count). The fourth-order valence-corrected chi connectivity index (χ4v) is 2.30. The summed E-state index contributed by atoms with van der Waals surface area (Å²) < 4.78 is 13.8. The zero-order chi connectivity index (χ0) is 15.3. The van der Waals surface area contributed by atoms with E-state index in [9.17, 15) is 0 Å². The van der Waals surface area contributed by atoms with Crippen LogP contribution in [0.3, 0.4) is 0 Å². The Morgan fingerprint density at radius 2 is 1.62 bits per heavy atom. The van der Waals surface area contributed by atoms with Crippen molar-refractivity contribution in [3.05, 3.63) is 41.7 Å². The summed E-state index contributed by atoms with van der Waals surface area (Å²) in [6.07, 6.45) is 3.70. The van der Waals surface area contributed by atoms with Crippen LogP contribution in [0.2, 0.25) is 5.02 Å². The van der Waals surface area contributed by atoms with Gasteiger partial charge in [-0.3, -0.25) is 0 Å². The monoisotopic (exact) mass is 304 g/mol. The number of benzene rings is 1. The van der Waals surface area contributed by atoms with Crippen molar-refractivity contribution in [3.8, 4) is 5.69 Å². The molecule has 0 aliphatic carbocycles. The lowest BCUT2D eigenvalue weighted by Crippen LogP contribution is -2.41. The normalized spacial score (nSPS) is 20.0. The number of aromatic nitrogens is 2. The second-order valence-corrected chi connectivity index (χ2v) is 6.72. The maximum absolute atomic E-state index is 6.02. The Hall–Kier alpha value is -1.30. The molecule has 2 aromatic rings. The topological polar surface area (TPSA) is 36.3 Å². The Kier molecular flexibility index (Phi) is 3.39. The van der Waals surface area contributed by atoms with Gasteiger partial charge in [0.2, 0.25) is 0 Å². The van der Waals surface area contributed by atoms with Gasteiger partial charge in [0, 0.05) is 22.9 Å². The summed E-state index contributed by atoms with van der Waals surface area (Å²) in [5.41, 5.74) is 1.16. The first-order chi connectivity index (χ1) is 9.78. The lowest BCUT2D eigenvalue weighted by atomic mass is 9.82. The first kappa shape index (κ1) is 14.6. The third-order valence-electron chi connectivity index (χ3n) is 4.22. The number of hydrogen-bond acceptors (Lipinski definition) is 3. The highest BCUT2D eigenvalue weighted by Crippen LogP contribution is 2.36. The summed E-state index contributed by atoms with van der Waals surface area (Å²) in [6.45, 7) is 8.15. The third kappa shape index (κ3) is 2.61. The van der Waals surface area contributed by atoms with Crippen molar-refractivity contribution in [1.29, 1.82) is 0 Å². The van der Waals surface area contributed by atoms with E-state index in [-0.39, 0.29) is 11.2 Å². The van der Waals surface area contributed by atoms with Crippen LogP contribution in [0.5, 0.6) is 0 Å². The highest BCUT2D eigenvalue weighted by molar-refractivity contribution is 6.62. The smallest absolute Gasteiger partial charge is 0.399 e. The molecule has 0 radical (unpaired) electrons. The highest BCUT2D eigenvalue weighted by Gasteiger charge is 2.52. The standard InChI is InChI=1S/C15H18BClN2O2/c1-14(2)15(3,4)21-16(20-14)11-9-18-19(10-11)13-7-5-12(17)6-8-13/h5-10H,1-4H3. The minimum absolute atomic E-state index is 0.347. The van der Waals surface area contributed by atoms with Crippen LogP contribution < -0.4 is 5.46 Å². The van der Waals surface area contributed by atoms with Crippen LogP contribution >= 0.6 is 11.6 Å². The predicted octanol–water partition coefficient (Wildman–Crippen LogP) is 2.82. The lowest BCUT2D eigenvalue weighted by Gasteiger charge is -2.32. The highest BCUT2D eigenvalue weighted by atomic mass is 35.5. The molecule has 1 aliphatic heterocycles. The van der Waals surface area contributed by atoms with Crippen LogP contribution in [0, 0.1) is 0 Å². The second kappa shape index (κ2) is 4.87. The molecule has 0 bridgehead atoms. The summed E-state index contributed by atoms with van der Waals surface area (Å²) in [5.74, 6) is 0. The van der Waals surface area contributed by atoms with E-state index >= 15 is 0 Å². The molecule has 0 atom stereocenters. The number of rotatable bonds is 2. The van der Waals surface area contributed by atoms with Crippen LogP contribution in [0.1, 0.15) is 27.7 Å². The Bertz CT molecular complexity index is 636. The van der Waals surface area contributed by atoms with Crippen LogP contribution in [0.4, 0.5) is 0 Å². The van der Waals surface area contributed by atoms with Crippen LogP contribution in [0.25, 0.3) is 5.69 Å². The van der Waals surface area contributed by atoms with Gasteiger partial charge in [-0.15, -0.1) is 0 Å². The van der Waals surface area contributed by atoms with Crippen molar-refractivity contribution in [2.45, 2.75) is 38.9 Å². The molecule has 1 saturated heterocycles. The van der Waals surface area contributed by atoms with E-state index in [1.165, 1.54) is 0 Å². The zero-order valence-corrected chi connectivity index (χ0v) is 13.4. The first-order valence-corrected chi connectivity index (χ1v) is 7.32. The molecule has 1 aromatic heterocycles. The molecule has 4 nitrogen and oxygen atoms in total. The van der Waals surface area contributed by atoms with Crippen molar-refractivity contribution >= 4 is 24.2 Å². The summed E-state index contributed by atoms with van der Waals surface area (Å²) in [4.78, 5) is 0. The van der Waals surface area contributed by atoms with E-state index in [2.05, 4.69) is 5.10 Å². The van der Waals surface area contributed by atoms with E-state index in [0.29, 0.717) is 5.02 Å². The van der Waals surface area contributed by atoms with E-state index in [1.54, 1.807) is 10.9 Å². The molecule has 1 aliphatic rings. The zero-order valence-electron chi connectivity index (χ0n) is 12.6. The van der Waals surface area contributed by atoms with Gasteiger partial charge in [0.05, 0.1) is 16.9 Å². The molecule has 0 saturated carbocycles. The molecule has 1 aromatic carbocycles. The Morgan fingerprint density at radius 1 is 1.05 bits per heavy atom. The summed E-state index contributed by atoms with van der Waals surface area (Å²) >= 11 is 5.90. The Balaban J connectivity index is 1.85. The SMILES string of the molecule is CC1(C)OB(c2cnn(-c3ccc(Cl)cc3)c2)OC1(C)C. The van der Waals surface area contributed by atoms with Gasteiger partial charge in [-0.1, -0.05) is 11.6 Å². The largest absolute Gasteiger partial charge is 0.498 e. The fourth-order valence-electron chi connectivity index (χ4n) is 2.17. The molecule has 0 spiro atoms. The van der Waals surface area contributed by atoms with Crippen LogP contribution in [0.15, 0.2) is 36.7 Å². The van der Waals surface area contributed by atoms with E-state index in [1.807, 2.05) is 58.2 Å². The summed E-state index contributed by atoms with van der Waals surface area (Å²) in [7, 11) is -0.393. The van der Waals surface area contributed by atoms with Crippen molar-refractivity contribution < 1.29 is 9.31 Å². The molecule has 2 heterocycles. The first-order valence-electron chi connectivity index (χ1n) is 6.95. The summed E-state index contributed by atoms with van der Waals surface area (Å²) in [6, 6.07) is 7.52. The lowest BCUT2D eigenvalue weighted by molar-refractivity contribution is 0.00578. The minimum Gasteiger partial charge on any atom is -0.399 e. The average molecular weight is 305 g/mol. The average Bonchev–Trinajstić information content (AvgIpc) is 2.94. The quantitative estimate of drug-likeness (QED) is 0.801. The Morgan fingerprint density at radius 3 is 2.19 bits per heavy atom. The molecule has 6 heteroatoms. The van der Waals surface area contributed by atoms with Crippen LogP contribution in [-0.4, -0.2) is 28.1 Å². The maximum atomic E-state index is 6.02. The molecule has 0 amide bonds. The number of nitrogens with zero attached hydrogens (tertiary/aromatic N) is 2. The Labute approximate surface area is 130 Å². The maximum Gasteiger partial charge on any atom is 0.498 e. The van der Waals surface area contributed by atoms with Crippen molar-refractivity contribution in [2.75, 3.05) is 0 Å². The summed E-state index contributed by atoms with van der Waals surface area (Å²) in [5, 5.41) is 5.08. The molecule has 0 N–H and O–H groups in total. The third-order valence-corrected chi connectivity index (χ3v) is 4.47. The predicted molar refractivity (Wildman–Crippen MR) is 84.3 cm³/mol. The van der Waals surface area contributed by atoms with Gasteiger partial charge in [-0.25, -0.2) is 4.68 Å². The van der Waals surface area contributed by atoms with Gasteiger partial charge in [0.15, 0.2) is 0 Å². The molecule has 110 valence electrons. The van der Waals surface area contributed by atoms with Crippen molar-refractivity contribution in [2.24, 2.45) is 0 Å². The molecular weight excluding hydrogens is 286 g/mol. The van der Waals surface area contributed by atoms with Gasteiger partial charge in [-0.2, -0.15) is 5.10 Å². The van der Waals surface area contributed by atoms with E-state index < -0.39 is 7.12 Å². The van der Waals surface area contributed by atoms with E-state index in [4.69, 9.17) is 20.9 Å². The molecule has 21 heavy (non-hydrogen) atoms. The van der Waals surface area contributed by atoms with Crippen molar-refractivity contribution in [1.82, 2.24) is 9.78 Å². The van der Waals surface area contributed by atoms with Crippen molar-refractivity contribution in [3.63, 3.8) is 0 Å². The number of hydrogen-bond donors (Lipinski definition) is 0. The second-order valence-electron chi connectivity index (χ2n) is 6.28. The van der Waals surface area contributed by atoms with Gasteiger partial charge in [0.1, 0.15) is 0 Å². The fraction of sp³-hybridized carbons (Fsp3) is 0.400. The number of halogens is 1. The van der Waals surface area contributed by atoms with Gasteiger partial charge >= 0.3 is 7.12 Å². The van der Waals surface area contributed by atoms with E-state index in [0.717, 1.165) is 11.2 Å². The van der Waals surface area contributed by atoms with Gasteiger partial charge in [0.25, 0.3) is 0 Å². The minimum atomic E-state index is -0.393. The van der Waals surface area contributed by atoms with Gasteiger partial charge in [-0.05, 0) is 52.0 Å². The molecule has 1 fully saturated rings. The molecule has 0 unspecified atom stereocenters. The molecular formula is C15H18BClN2O2. The van der Waals surface area contributed by atoms with Crippen LogP contribution in [-0.2, 0) is 9.31 Å². The van der Waals surface area contributed by atoms with Gasteiger partial charge < -0.3 is 9.31 Å².